The fourth-order valence-corrected chi connectivity index (χ4v) is 6.79. The third kappa shape index (κ3) is 13.6. The molecule has 0 aromatic heterocycles. The minimum Gasteiger partial charge on any atom is -0.499 e. The number of carbonyl (C=O) groups excluding carboxylic acids is 5. The fraction of sp³-hybridized carbons (Fsp3) is 0.413. The molecule has 1 aliphatic heterocycles. The van der Waals surface area contributed by atoms with E-state index in [1.165, 1.54) is 24.2 Å². The van der Waals surface area contributed by atoms with Crippen molar-refractivity contribution in [1.29, 1.82) is 0 Å². The lowest BCUT2D eigenvalue weighted by molar-refractivity contribution is -0.161. The molecule has 0 aliphatic carbocycles. The number of ether oxygens (including phenoxy) is 2. The zero-order valence-corrected chi connectivity index (χ0v) is 34.2. The first kappa shape index (κ1) is 44.2. The molecule has 0 fully saturated rings. The van der Waals surface area contributed by atoms with E-state index in [2.05, 4.69) is 10.6 Å². The van der Waals surface area contributed by atoms with Gasteiger partial charge in [0.15, 0.2) is 6.10 Å². The Kier molecular flexibility index (Phi) is 16.8. The Hall–Kier alpha value is -5.55. The number of nitrogens with one attached hydrogen (secondary N) is 2. The second-order valence-electron chi connectivity index (χ2n) is 15.6. The Morgan fingerprint density at radius 3 is 1.82 bits per heavy atom. The standard InChI is InChI=1S/C46H58N4O7/c1-31(2)25-37(48-45(54)41(26-32(3)4)57-46(55)39(49(5)6)29-35-21-15-10-16-22-35)44(53)47-36(27-33-17-11-8-12-18-33)23-24-42(51)50-38(40(56-7)30-43(50)52)28-34-19-13-9-14-20-34/h8-24,30-32,36-39,41H,25-29H2,1-7H3,(H,47,53)(H,48,54)/b24-23+/t36-,37+,38-,39+,41+/m1/s1. The van der Waals surface area contributed by atoms with E-state index in [4.69, 9.17) is 9.47 Å². The van der Waals surface area contributed by atoms with Crippen molar-refractivity contribution >= 4 is 29.6 Å². The van der Waals surface area contributed by atoms with Gasteiger partial charge in [-0.3, -0.25) is 33.8 Å². The average molecular weight is 779 g/mol. The van der Waals surface area contributed by atoms with Crippen molar-refractivity contribution < 1.29 is 33.4 Å². The maximum Gasteiger partial charge on any atom is 0.324 e. The van der Waals surface area contributed by atoms with Crippen LogP contribution >= 0.6 is 0 Å². The summed E-state index contributed by atoms with van der Waals surface area (Å²) in [4.78, 5) is 71.5. The Morgan fingerprint density at radius 1 is 0.754 bits per heavy atom. The Balaban J connectivity index is 1.53. The van der Waals surface area contributed by atoms with Crippen LogP contribution in [-0.2, 0) is 52.7 Å². The lowest BCUT2D eigenvalue weighted by Crippen LogP contribution is -2.53. The van der Waals surface area contributed by atoms with Gasteiger partial charge in [-0.25, -0.2) is 0 Å². The highest BCUT2D eigenvalue weighted by Crippen LogP contribution is 2.25. The summed E-state index contributed by atoms with van der Waals surface area (Å²) < 4.78 is 11.4. The predicted octanol–water partition coefficient (Wildman–Crippen LogP) is 5.44. The molecule has 0 radical (unpaired) electrons. The number of likely N-dealkylation sites (N-methyl/N-ethyl adjacent to an activating group) is 1. The molecule has 2 N–H and O–H groups in total. The highest BCUT2D eigenvalue weighted by atomic mass is 16.5. The van der Waals surface area contributed by atoms with E-state index < -0.39 is 59.9 Å². The van der Waals surface area contributed by atoms with Gasteiger partial charge in [0, 0.05) is 18.6 Å². The van der Waals surface area contributed by atoms with Crippen molar-refractivity contribution in [3.8, 4) is 0 Å². The van der Waals surface area contributed by atoms with Crippen LogP contribution in [0.25, 0.3) is 0 Å². The van der Waals surface area contributed by atoms with E-state index in [1.807, 2.05) is 119 Å². The molecular weight excluding hydrogens is 721 g/mol. The monoisotopic (exact) mass is 778 g/mol. The third-order valence-corrected chi connectivity index (χ3v) is 9.73. The molecular formula is C46H58N4O7. The van der Waals surface area contributed by atoms with Crippen molar-refractivity contribution in [1.82, 2.24) is 20.4 Å². The van der Waals surface area contributed by atoms with Gasteiger partial charge in [-0.15, -0.1) is 0 Å². The molecule has 1 aliphatic rings. The Bertz CT molecular complexity index is 1840. The summed E-state index contributed by atoms with van der Waals surface area (Å²) in [6.07, 6.45) is 4.79. The first-order valence-corrected chi connectivity index (χ1v) is 19.7. The Morgan fingerprint density at radius 2 is 1.30 bits per heavy atom. The lowest BCUT2D eigenvalue weighted by atomic mass is 9.99. The number of amides is 4. The zero-order chi connectivity index (χ0) is 41.5. The molecule has 0 spiro atoms. The van der Waals surface area contributed by atoms with Gasteiger partial charge in [-0.05, 0) is 68.3 Å². The summed E-state index contributed by atoms with van der Waals surface area (Å²) in [5, 5.41) is 5.93. The second-order valence-corrected chi connectivity index (χ2v) is 15.6. The van der Waals surface area contributed by atoms with Gasteiger partial charge in [0.2, 0.25) is 5.91 Å². The minimum absolute atomic E-state index is 0.0146. The number of hydrogen-bond acceptors (Lipinski definition) is 8. The van der Waals surface area contributed by atoms with Crippen LogP contribution in [0.15, 0.2) is 115 Å². The molecule has 1 heterocycles. The van der Waals surface area contributed by atoms with E-state index in [0.29, 0.717) is 31.4 Å². The molecule has 5 atom stereocenters. The molecule has 11 nitrogen and oxygen atoms in total. The van der Waals surface area contributed by atoms with Crippen LogP contribution in [0, 0.1) is 11.8 Å². The number of rotatable bonds is 20. The molecule has 0 unspecified atom stereocenters. The topological polar surface area (TPSA) is 134 Å². The first-order valence-electron chi connectivity index (χ1n) is 19.7. The predicted molar refractivity (Wildman–Crippen MR) is 220 cm³/mol. The van der Waals surface area contributed by atoms with Gasteiger partial charge in [0.25, 0.3) is 17.7 Å². The summed E-state index contributed by atoms with van der Waals surface area (Å²) in [6, 6.07) is 25.7. The summed E-state index contributed by atoms with van der Waals surface area (Å²) in [7, 11) is 5.06. The van der Waals surface area contributed by atoms with Crippen LogP contribution in [-0.4, -0.2) is 90.9 Å². The number of hydrogen-bond donors (Lipinski definition) is 2. The third-order valence-electron chi connectivity index (χ3n) is 9.73. The van der Waals surface area contributed by atoms with Crippen molar-refractivity contribution in [3.63, 3.8) is 0 Å². The van der Waals surface area contributed by atoms with Crippen molar-refractivity contribution in [3.05, 3.63) is 132 Å². The molecule has 57 heavy (non-hydrogen) atoms. The van der Waals surface area contributed by atoms with Crippen LogP contribution < -0.4 is 10.6 Å². The number of methoxy groups -OCH3 is 1. The summed E-state index contributed by atoms with van der Waals surface area (Å²) in [5.74, 6) is -2.15. The summed E-state index contributed by atoms with van der Waals surface area (Å²) >= 11 is 0. The second kappa shape index (κ2) is 21.7. The molecule has 4 rings (SSSR count). The van der Waals surface area contributed by atoms with Gasteiger partial charge in [-0.1, -0.05) is 125 Å². The number of carbonyl (C=O) groups is 5. The molecule has 304 valence electrons. The highest BCUT2D eigenvalue weighted by Gasteiger charge is 2.38. The van der Waals surface area contributed by atoms with Gasteiger partial charge in [0.05, 0.1) is 13.2 Å². The molecule has 0 bridgehead atoms. The number of nitrogens with zero attached hydrogens (tertiary/aromatic N) is 2. The molecule has 11 heteroatoms. The molecule has 0 saturated carbocycles. The molecule has 0 saturated heterocycles. The largest absolute Gasteiger partial charge is 0.499 e. The van der Waals surface area contributed by atoms with Crippen LogP contribution in [0.1, 0.15) is 57.2 Å². The highest BCUT2D eigenvalue weighted by molar-refractivity contribution is 6.08. The maximum absolute atomic E-state index is 14.1. The minimum atomic E-state index is -1.12. The van der Waals surface area contributed by atoms with E-state index in [1.54, 1.807) is 25.1 Å². The van der Waals surface area contributed by atoms with Crippen LogP contribution in [0.5, 0.6) is 0 Å². The Labute approximate surface area is 337 Å². The van der Waals surface area contributed by atoms with E-state index in [0.717, 1.165) is 16.7 Å². The lowest BCUT2D eigenvalue weighted by Gasteiger charge is -2.28. The van der Waals surface area contributed by atoms with E-state index in [9.17, 15) is 24.0 Å². The van der Waals surface area contributed by atoms with Crippen LogP contribution in [0.3, 0.4) is 0 Å². The summed E-state index contributed by atoms with van der Waals surface area (Å²) in [5.41, 5.74) is 2.80. The van der Waals surface area contributed by atoms with E-state index >= 15 is 0 Å². The molecule has 3 aromatic carbocycles. The van der Waals surface area contributed by atoms with Crippen LogP contribution in [0.4, 0.5) is 0 Å². The molecule has 4 amide bonds. The number of imide groups is 1. The average Bonchev–Trinajstić information content (AvgIpc) is 3.49. The van der Waals surface area contributed by atoms with E-state index in [-0.39, 0.29) is 18.3 Å². The first-order chi connectivity index (χ1) is 27.2. The smallest absolute Gasteiger partial charge is 0.324 e. The van der Waals surface area contributed by atoms with Crippen LogP contribution in [0.2, 0.25) is 0 Å². The quantitative estimate of drug-likeness (QED) is 0.115. The maximum atomic E-state index is 14.1. The van der Waals surface area contributed by atoms with Gasteiger partial charge in [-0.2, -0.15) is 0 Å². The normalized spacial score (nSPS) is 16.3. The zero-order valence-electron chi connectivity index (χ0n) is 34.2. The van der Waals surface area contributed by atoms with Gasteiger partial charge < -0.3 is 20.1 Å². The van der Waals surface area contributed by atoms with Gasteiger partial charge in [0.1, 0.15) is 23.9 Å². The van der Waals surface area contributed by atoms with Gasteiger partial charge >= 0.3 is 5.97 Å². The molecule has 3 aromatic rings. The van der Waals surface area contributed by atoms with Crippen molar-refractivity contribution in [2.24, 2.45) is 11.8 Å². The number of esters is 1. The van der Waals surface area contributed by atoms with Crippen molar-refractivity contribution in [2.75, 3.05) is 21.2 Å². The van der Waals surface area contributed by atoms with Crippen molar-refractivity contribution in [2.45, 2.75) is 90.1 Å². The number of benzene rings is 3. The SMILES string of the molecule is COC1=CC(=O)N(C(=O)/C=C/[C@H](Cc2ccccc2)NC(=O)[C@H](CC(C)C)NC(=O)[C@H](CC(C)C)OC(=O)[C@H](Cc2ccccc2)N(C)C)[C@@H]1Cc1ccccc1. The fourth-order valence-electron chi connectivity index (χ4n) is 6.79. The summed E-state index contributed by atoms with van der Waals surface area (Å²) in [6.45, 7) is 7.77.